The van der Waals surface area contributed by atoms with Crippen molar-refractivity contribution in [3.63, 3.8) is 0 Å². The molecule has 0 aliphatic carbocycles. The van der Waals surface area contributed by atoms with E-state index in [9.17, 15) is 4.79 Å². The molecule has 6 heteroatoms. The molecule has 0 bridgehead atoms. The van der Waals surface area contributed by atoms with E-state index in [0.29, 0.717) is 6.04 Å². The molecule has 0 aromatic carbocycles. The van der Waals surface area contributed by atoms with Crippen LogP contribution in [0.3, 0.4) is 0 Å². The van der Waals surface area contributed by atoms with Gasteiger partial charge in [-0.2, -0.15) is 0 Å². The quantitative estimate of drug-likeness (QED) is 0.928. The minimum Gasteiger partial charge on any atom is -0.444 e. The Kier molecular flexibility index (Phi) is 5.34. The molecule has 122 valence electrons. The van der Waals surface area contributed by atoms with Gasteiger partial charge < -0.3 is 15.0 Å². The van der Waals surface area contributed by atoms with E-state index >= 15 is 0 Å². The van der Waals surface area contributed by atoms with Crippen molar-refractivity contribution in [2.45, 2.75) is 64.8 Å². The number of carbonyl (C=O) groups excluding carboxylic acids is 1. The van der Waals surface area contributed by atoms with Gasteiger partial charge in [0.2, 0.25) is 0 Å². The normalized spacial score (nSPS) is 22.5. The molecule has 2 atom stereocenters. The number of ether oxygens (including phenoxy) is 1. The second-order valence-electron chi connectivity index (χ2n) is 6.83. The van der Waals surface area contributed by atoms with Crippen molar-refractivity contribution in [2.24, 2.45) is 0 Å². The van der Waals surface area contributed by atoms with Crippen LogP contribution in [0.5, 0.6) is 0 Å². The zero-order valence-electron chi connectivity index (χ0n) is 13.9. The molecule has 0 spiro atoms. The van der Waals surface area contributed by atoms with Gasteiger partial charge in [-0.15, -0.1) is 0 Å². The summed E-state index contributed by atoms with van der Waals surface area (Å²) in [7, 11) is 0. The van der Waals surface area contributed by atoms with Gasteiger partial charge in [0.25, 0.3) is 0 Å². The molecule has 1 fully saturated rings. The first-order chi connectivity index (χ1) is 10.3. The van der Waals surface area contributed by atoms with Crippen LogP contribution in [0.2, 0.25) is 0 Å². The minimum atomic E-state index is -0.446. The third-order valence-corrected chi connectivity index (χ3v) is 3.72. The Morgan fingerprint density at radius 2 is 2.27 bits per heavy atom. The van der Waals surface area contributed by atoms with Gasteiger partial charge in [-0.05, 0) is 46.6 Å². The maximum Gasteiger partial charge on any atom is 0.410 e. The summed E-state index contributed by atoms with van der Waals surface area (Å²) in [5.41, 5.74) is 0.538. The van der Waals surface area contributed by atoms with Crippen LogP contribution in [-0.2, 0) is 11.3 Å². The molecule has 6 nitrogen and oxygen atoms in total. The lowest BCUT2D eigenvalue weighted by Crippen LogP contribution is -2.50. The van der Waals surface area contributed by atoms with Crippen LogP contribution in [0.15, 0.2) is 18.6 Å². The van der Waals surface area contributed by atoms with Crippen molar-refractivity contribution in [2.75, 3.05) is 6.54 Å². The number of rotatable bonds is 3. The fourth-order valence-electron chi connectivity index (χ4n) is 2.62. The van der Waals surface area contributed by atoms with Crippen molar-refractivity contribution < 1.29 is 9.53 Å². The number of carbonyl (C=O) groups is 1. The Labute approximate surface area is 132 Å². The summed E-state index contributed by atoms with van der Waals surface area (Å²) >= 11 is 0. The number of likely N-dealkylation sites (tertiary alicyclic amines) is 1. The first-order valence-corrected chi connectivity index (χ1v) is 7.83. The fraction of sp³-hybridized carbons (Fsp3) is 0.688. The van der Waals surface area contributed by atoms with Gasteiger partial charge in [0.1, 0.15) is 11.9 Å². The van der Waals surface area contributed by atoms with Gasteiger partial charge in [-0.25, -0.2) is 14.8 Å². The van der Waals surface area contributed by atoms with Gasteiger partial charge in [-0.1, -0.05) is 0 Å². The Morgan fingerprint density at radius 3 is 2.86 bits per heavy atom. The monoisotopic (exact) mass is 306 g/mol. The molecule has 1 aromatic rings. The summed E-state index contributed by atoms with van der Waals surface area (Å²) in [4.78, 5) is 22.1. The van der Waals surface area contributed by atoms with E-state index in [1.165, 1.54) is 0 Å². The maximum atomic E-state index is 12.2. The predicted molar refractivity (Wildman–Crippen MR) is 84.3 cm³/mol. The van der Waals surface area contributed by atoms with Crippen LogP contribution in [0.4, 0.5) is 4.79 Å². The van der Waals surface area contributed by atoms with Gasteiger partial charge >= 0.3 is 6.09 Å². The molecule has 1 saturated heterocycles. The van der Waals surface area contributed by atoms with E-state index in [-0.39, 0.29) is 12.1 Å². The molecule has 2 unspecified atom stereocenters. The largest absolute Gasteiger partial charge is 0.444 e. The lowest BCUT2D eigenvalue weighted by molar-refractivity contribution is 0.00931. The standard InChI is InChI=1S/C16H26N4O2/c1-12-9-13(18-10-14-5-7-17-11-19-14)6-8-20(12)15(21)22-16(2,3)4/h5,7,11-13,18H,6,8-10H2,1-4H3. The molecule has 1 N–H and O–H groups in total. The zero-order valence-corrected chi connectivity index (χ0v) is 13.9. The summed E-state index contributed by atoms with van der Waals surface area (Å²) in [6, 6.07) is 2.47. The molecule has 1 aliphatic heterocycles. The highest BCUT2D eigenvalue weighted by Crippen LogP contribution is 2.20. The van der Waals surface area contributed by atoms with Crippen molar-refractivity contribution >= 4 is 6.09 Å². The molecule has 2 rings (SSSR count). The van der Waals surface area contributed by atoms with Gasteiger partial charge in [0.05, 0.1) is 5.69 Å². The second-order valence-corrected chi connectivity index (χ2v) is 6.83. The van der Waals surface area contributed by atoms with Gasteiger partial charge in [0, 0.05) is 31.4 Å². The van der Waals surface area contributed by atoms with E-state index in [1.807, 2.05) is 31.7 Å². The summed E-state index contributed by atoms with van der Waals surface area (Å²) < 4.78 is 5.46. The molecule has 22 heavy (non-hydrogen) atoms. The first kappa shape index (κ1) is 16.7. The summed E-state index contributed by atoms with van der Waals surface area (Å²) in [5, 5.41) is 3.51. The number of piperidine rings is 1. The maximum absolute atomic E-state index is 12.2. The van der Waals surface area contributed by atoms with Gasteiger partial charge in [0.15, 0.2) is 0 Å². The topological polar surface area (TPSA) is 67.4 Å². The lowest BCUT2D eigenvalue weighted by Gasteiger charge is -2.38. The average Bonchev–Trinajstić information content (AvgIpc) is 2.44. The second kappa shape index (κ2) is 7.05. The van der Waals surface area contributed by atoms with Crippen molar-refractivity contribution in [1.82, 2.24) is 20.2 Å². The highest BCUT2D eigenvalue weighted by molar-refractivity contribution is 5.68. The minimum absolute atomic E-state index is 0.173. The average molecular weight is 306 g/mol. The summed E-state index contributed by atoms with van der Waals surface area (Å²) in [5.74, 6) is 0. The molecule has 1 aromatic heterocycles. The van der Waals surface area contributed by atoms with Crippen LogP contribution in [0, 0.1) is 0 Å². The van der Waals surface area contributed by atoms with E-state index in [1.54, 1.807) is 12.5 Å². The van der Waals surface area contributed by atoms with Crippen molar-refractivity contribution in [1.29, 1.82) is 0 Å². The Bertz CT molecular complexity index is 487. The smallest absolute Gasteiger partial charge is 0.410 e. The van der Waals surface area contributed by atoms with E-state index in [4.69, 9.17) is 4.74 Å². The Hall–Kier alpha value is -1.69. The third-order valence-electron chi connectivity index (χ3n) is 3.72. The van der Waals surface area contributed by atoms with E-state index in [2.05, 4.69) is 22.2 Å². The third kappa shape index (κ3) is 4.94. The highest BCUT2D eigenvalue weighted by atomic mass is 16.6. The first-order valence-electron chi connectivity index (χ1n) is 7.83. The van der Waals surface area contributed by atoms with Crippen LogP contribution < -0.4 is 5.32 Å². The van der Waals surface area contributed by atoms with Gasteiger partial charge in [-0.3, -0.25) is 0 Å². The number of amides is 1. The molecule has 0 saturated carbocycles. The number of nitrogens with one attached hydrogen (secondary N) is 1. The van der Waals surface area contributed by atoms with Crippen LogP contribution in [-0.4, -0.2) is 45.2 Å². The number of nitrogens with zero attached hydrogens (tertiary/aromatic N) is 3. The van der Waals surface area contributed by atoms with Crippen LogP contribution in [0.1, 0.15) is 46.2 Å². The number of hydrogen-bond acceptors (Lipinski definition) is 5. The number of hydrogen-bond donors (Lipinski definition) is 1. The molecule has 2 heterocycles. The van der Waals surface area contributed by atoms with E-state index in [0.717, 1.165) is 31.6 Å². The van der Waals surface area contributed by atoms with Crippen LogP contribution >= 0.6 is 0 Å². The molecule has 1 aliphatic rings. The molecule has 0 radical (unpaired) electrons. The summed E-state index contributed by atoms with van der Waals surface area (Å²) in [6.07, 6.45) is 4.94. The highest BCUT2D eigenvalue weighted by Gasteiger charge is 2.31. The van der Waals surface area contributed by atoms with Crippen molar-refractivity contribution in [3.05, 3.63) is 24.3 Å². The predicted octanol–water partition coefficient (Wildman–Crippen LogP) is 2.35. The fourth-order valence-corrected chi connectivity index (χ4v) is 2.62. The number of aromatic nitrogens is 2. The molecule has 1 amide bonds. The SMILES string of the molecule is CC1CC(NCc2ccncn2)CCN1C(=O)OC(C)(C)C. The van der Waals surface area contributed by atoms with Crippen molar-refractivity contribution in [3.8, 4) is 0 Å². The Morgan fingerprint density at radius 1 is 1.50 bits per heavy atom. The zero-order chi connectivity index (χ0) is 16.2. The molecular formula is C16H26N4O2. The van der Waals surface area contributed by atoms with Crippen LogP contribution in [0.25, 0.3) is 0 Å². The molecular weight excluding hydrogens is 280 g/mol. The lowest BCUT2D eigenvalue weighted by atomic mass is 9.98. The Balaban J connectivity index is 1.81. The summed E-state index contributed by atoms with van der Waals surface area (Å²) in [6.45, 7) is 9.20. The van der Waals surface area contributed by atoms with E-state index < -0.39 is 5.60 Å².